The van der Waals surface area contributed by atoms with Crippen molar-refractivity contribution in [3.63, 3.8) is 0 Å². The summed E-state index contributed by atoms with van der Waals surface area (Å²) in [5, 5.41) is -0.0137. The number of benzene rings is 1. The maximum Gasteiger partial charge on any atom is 0.186 e. The first kappa shape index (κ1) is 19.9. The molecule has 0 unspecified atom stereocenters. The minimum Gasteiger partial charge on any atom is -0.327 e. The van der Waals surface area contributed by atoms with Crippen molar-refractivity contribution < 1.29 is 12.8 Å². The average Bonchev–Trinajstić information content (AvgIpc) is 2.49. The highest BCUT2D eigenvalue weighted by atomic mass is 32.2. The smallest absolute Gasteiger partial charge is 0.186 e. The molecular weight excluding hydrogens is 332 g/mol. The van der Waals surface area contributed by atoms with E-state index in [9.17, 15) is 12.8 Å². The lowest BCUT2D eigenvalue weighted by Crippen LogP contribution is -2.49. The Hall–Kier alpha value is -1.40. The third-order valence-electron chi connectivity index (χ3n) is 3.59. The van der Waals surface area contributed by atoms with Crippen molar-refractivity contribution in [2.45, 2.75) is 4.90 Å². The molecule has 2 aromatic rings. The van der Waals surface area contributed by atoms with Crippen molar-refractivity contribution in [3.8, 4) is 0 Å². The summed E-state index contributed by atoms with van der Waals surface area (Å²) in [6.07, 6.45) is 0.921. The van der Waals surface area contributed by atoms with E-state index in [0.29, 0.717) is 0 Å². The van der Waals surface area contributed by atoms with Crippen molar-refractivity contribution in [2.24, 2.45) is 5.73 Å². The molecule has 0 atom stereocenters. The minimum absolute atomic E-state index is 0.0137. The molecule has 0 amide bonds. The summed E-state index contributed by atoms with van der Waals surface area (Å²) < 4.78 is 39.1. The molecule has 0 aliphatic rings. The van der Waals surface area contributed by atoms with Gasteiger partial charge < -0.3 is 5.73 Å². The lowest BCUT2D eigenvalue weighted by molar-refractivity contribution is 0.584. The normalized spacial score (nSPS) is 12.6. The van der Waals surface area contributed by atoms with Gasteiger partial charge in [-0.25, -0.2) is 12.8 Å². The molecule has 1 aromatic heterocycles. The monoisotopic (exact) mass is 340 g/mol. The van der Waals surface area contributed by atoms with Crippen molar-refractivity contribution >= 4 is 101 Å². The van der Waals surface area contributed by atoms with Crippen molar-refractivity contribution in [1.29, 1.82) is 0 Å². The number of rotatable bonds is 4. The lowest BCUT2D eigenvalue weighted by atomic mass is 9.66. The number of nitrogens with two attached hydrogens (primary N) is 1. The Bertz CT molecular complexity index is 1000. The van der Waals surface area contributed by atoms with Crippen LogP contribution >= 0.6 is 0 Å². The van der Waals surface area contributed by atoms with E-state index in [4.69, 9.17) is 52.8 Å². The molecule has 2 N–H and O–H groups in total. The van der Waals surface area contributed by atoms with Gasteiger partial charge in [0.15, 0.2) is 9.84 Å². The van der Waals surface area contributed by atoms with Gasteiger partial charge >= 0.3 is 0 Å². The number of halogens is 1. The minimum atomic E-state index is -4.30. The van der Waals surface area contributed by atoms with Crippen molar-refractivity contribution in [3.05, 3.63) is 11.9 Å². The second-order valence-corrected chi connectivity index (χ2v) is 7.19. The molecule has 4 nitrogen and oxygen atoms in total. The zero-order valence-electron chi connectivity index (χ0n) is 13.1. The standard InChI is InChI=1S/C13H7B6FN2O2S/c14-6-5-7(15)10(18)13(19)22-11(5)12(9(17)8(6)16)25(23,24)3-4(20)1-2-21/h1H,2-3,21H2/b4-1-. The van der Waals surface area contributed by atoms with Gasteiger partial charge in [0, 0.05) is 6.54 Å². The molecular formula is C13H7B6FN2O2S. The zero-order valence-corrected chi connectivity index (χ0v) is 13.9. The third-order valence-corrected chi connectivity index (χ3v) is 5.28. The van der Waals surface area contributed by atoms with Crippen LogP contribution in [0.15, 0.2) is 16.8 Å². The Morgan fingerprint density at radius 3 is 2.12 bits per heavy atom. The summed E-state index contributed by atoms with van der Waals surface area (Å²) in [4.78, 5) is 3.41. The van der Waals surface area contributed by atoms with Crippen molar-refractivity contribution in [2.75, 3.05) is 12.3 Å². The first-order chi connectivity index (χ1) is 11.5. The van der Waals surface area contributed by atoms with Crippen LogP contribution in [0.5, 0.6) is 0 Å². The Balaban J connectivity index is 2.96. The fraction of sp³-hybridized carbons (Fsp3) is 0.154. The van der Waals surface area contributed by atoms with Crippen LogP contribution in [0.25, 0.3) is 10.9 Å². The molecule has 0 spiro atoms. The summed E-state index contributed by atoms with van der Waals surface area (Å²) in [5.41, 5.74) is 3.85. The fourth-order valence-electron chi connectivity index (χ4n) is 2.36. The van der Waals surface area contributed by atoms with Crippen LogP contribution in [0.2, 0.25) is 0 Å². The third kappa shape index (κ3) is 3.47. The van der Waals surface area contributed by atoms with E-state index < -0.39 is 26.3 Å². The molecule has 12 radical (unpaired) electrons. The molecule has 0 aliphatic carbocycles. The van der Waals surface area contributed by atoms with E-state index >= 15 is 0 Å². The van der Waals surface area contributed by atoms with E-state index in [0.717, 1.165) is 6.08 Å². The maximum atomic E-state index is 13.7. The number of nitrogens with zero attached hydrogens (tertiary/aromatic N) is 1. The number of aromatic nitrogens is 1. The number of pyridine rings is 1. The van der Waals surface area contributed by atoms with Gasteiger partial charge in [0.05, 0.1) is 10.4 Å². The Kier molecular flexibility index (Phi) is 5.64. The van der Waals surface area contributed by atoms with Gasteiger partial charge in [0.1, 0.15) is 58.7 Å². The van der Waals surface area contributed by atoms with E-state index in [2.05, 4.69) is 4.98 Å². The van der Waals surface area contributed by atoms with Gasteiger partial charge in [0.25, 0.3) is 0 Å². The number of hydrogen-bond acceptors (Lipinski definition) is 4. The SMILES string of the molecule is [B]c1nc2c(S(=O)(=O)C/C(F)=C/CN)c([B])c([B])c([B])c2c([B])c1[B]. The molecule has 0 bridgehead atoms. The zero-order chi connectivity index (χ0) is 19.1. The van der Waals surface area contributed by atoms with Gasteiger partial charge in [-0.05, 0) is 17.1 Å². The average molecular weight is 339 g/mol. The summed E-state index contributed by atoms with van der Waals surface area (Å²) in [6.45, 7) is -0.170. The van der Waals surface area contributed by atoms with Crippen LogP contribution in [0.1, 0.15) is 0 Å². The van der Waals surface area contributed by atoms with Crippen LogP contribution in [-0.2, 0) is 9.84 Å². The maximum absolute atomic E-state index is 13.7. The molecule has 1 aromatic carbocycles. The Morgan fingerprint density at radius 1 is 1.00 bits per heavy atom. The van der Waals surface area contributed by atoms with E-state index in [-0.39, 0.29) is 50.4 Å². The fourth-order valence-corrected chi connectivity index (χ4v) is 3.87. The van der Waals surface area contributed by atoms with Crippen LogP contribution in [0.3, 0.4) is 0 Å². The molecule has 12 heteroatoms. The highest BCUT2D eigenvalue weighted by Crippen LogP contribution is 2.18. The molecule has 1 heterocycles. The highest BCUT2D eigenvalue weighted by Gasteiger charge is 2.26. The topological polar surface area (TPSA) is 73.0 Å². The lowest BCUT2D eigenvalue weighted by Gasteiger charge is -2.21. The predicted octanol–water partition coefficient (Wildman–Crippen LogP) is -5.42. The van der Waals surface area contributed by atoms with E-state index in [1.165, 1.54) is 0 Å². The molecule has 25 heavy (non-hydrogen) atoms. The first-order valence-corrected chi connectivity index (χ1v) is 8.56. The molecule has 0 saturated carbocycles. The number of fused-ring (bicyclic) bond motifs is 1. The van der Waals surface area contributed by atoms with Crippen LogP contribution in [0.4, 0.5) is 4.39 Å². The summed E-state index contributed by atoms with van der Waals surface area (Å²) in [6, 6.07) is 0. The Morgan fingerprint density at radius 2 is 1.56 bits per heavy atom. The Labute approximate surface area is 153 Å². The second-order valence-electron chi connectivity index (χ2n) is 5.26. The predicted molar refractivity (Wildman–Crippen MR) is 104 cm³/mol. The molecule has 0 fully saturated rings. The molecule has 0 aliphatic heterocycles. The van der Waals surface area contributed by atoms with E-state index in [1.807, 2.05) is 0 Å². The van der Waals surface area contributed by atoms with Crippen LogP contribution in [-0.4, -0.2) is 72.8 Å². The highest BCUT2D eigenvalue weighted by molar-refractivity contribution is 7.92. The molecule has 2 rings (SSSR count). The number of hydrogen-bond donors (Lipinski definition) is 1. The van der Waals surface area contributed by atoms with E-state index in [1.54, 1.807) is 0 Å². The van der Waals surface area contributed by atoms with Crippen LogP contribution < -0.4 is 38.6 Å². The number of sulfone groups is 1. The largest absolute Gasteiger partial charge is 0.327 e. The van der Waals surface area contributed by atoms with Gasteiger partial charge in [-0.2, -0.15) is 0 Å². The first-order valence-electron chi connectivity index (χ1n) is 6.90. The quantitative estimate of drug-likeness (QED) is 0.565. The van der Waals surface area contributed by atoms with Gasteiger partial charge in [-0.3, -0.25) is 4.98 Å². The summed E-state index contributed by atoms with van der Waals surface area (Å²) in [5.74, 6) is -1.94. The second kappa shape index (κ2) is 7.08. The molecule has 0 saturated heterocycles. The van der Waals surface area contributed by atoms with Crippen molar-refractivity contribution in [1.82, 2.24) is 4.98 Å². The summed E-state index contributed by atoms with van der Waals surface area (Å²) in [7, 11) is 30.5. The van der Waals surface area contributed by atoms with Gasteiger partial charge in [0.2, 0.25) is 0 Å². The molecule has 112 valence electrons. The van der Waals surface area contributed by atoms with Crippen LogP contribution in [0, 0.1) is 0 Å². The van der Waals surface area contributed by atoms with Gasteiger partial charge in [-0.15, -0.1) is 5.46 Å². The summed E-state index contributed by atoms with van der Waals surface area (Å²) >= 11 is 0. The van der Waals surface area contributed by atoms with Gasteiger partial charge in [-0.1, -0.05) is 21.9 Å².